The molecule has 1 aromatic heterocycles. The number of imidazole rings is 1. The normalized spacial score (nSPS) is 10.5. The Hall–Kier alpha value is -1.97. The Morgan fingerprint density at radius 1 is 1.41 bits per heavy atom. The van der Waals surface area contributed by atoms with Gasteiger partial charge in [0.25, 0.3) is 0 Å². The summed E-state index contributed by atoms with van der Waals surface area (Å²) in [4.78, 5) is 6.45. The highest BCUT2D eigenvalue weighted by molar-refractivity contribution is 5.70. The lowest BCUT2D eigenvalue weighted by Gasteiger charge is -2.22. The summed E-state index contributed by atoms with van der Waals surface area (Å²) in [5, 5.41) is 0. The molecule has 0 aliphatic heterocycles. The highest BCUT2D eigenvalue weighted by Crippen LogP contribution is 2.27. The van der Waals surface area contributed by atoms with Crippen LogP contribution < -0.4 is 10.6 Å². The minimum absolute atomic E-state index is 0.749. The maximum absolute atomic E-state index is 6.02. The number of para-hydroxylation sites is 1. The van der Waals surface area contributed by atoms with E-state index in [0.29, 0.717) is 0 Å². The smallest absolute Gasteiger partial charge is 0.127 e. The Bertz CT molecular complexity index is 496. The molecule has 1 aromatic carbocycles. The molecule has 4 nitrogen and oxygen atoms in total. The van der Waals surface area contributed by atoms with E-state index in [-0.39, 0.29) is 0 Å². The van der Waals surface area contributed by atoms with Gasteiger partial charge in [-0.25, -0.2) is 4.98 Å². The van der Waals surface area contributed by atoms with E-state index in [1.165, 1.54) is 5.56 Å². The van der Waals surface area contributed by atoms with Gasteiger partial charge in [0, 0.05) is 26.5 Å². The summed E-state index contributed by atoms with van der Waals surface area (Å²) in [6, 6.07) is 5.97. The van der Waals surface area contributed by atoms with Gasteiger partial charge in [-0.3, -0.25) is 0 Å². The summed E-state index contributed by atoms with van der Waals surface area (Å²) in [5.41, 5.74) is 9.09. The highest BCUT2D eigenvalue weighted by Gasteiger charge is 2.10. The summed E-state index contributed by atoms with van der Waals surface area (Å²) in [5.74, 6) is 1.02. The number of hydrogen-bond acceptors (Lipinski definition) is 3. The van der Waals surface area contributed by atoms with Crippen molar-refractivity contribution in [1.29, 1.82) is 0 Å². The number of anilines is 2. The van der Waals surface area contributed by atoms with Gasteiger partial charge in [0.2, 0.25) is 0 Å². The van der Waals surface area contributed by atoms with Crippen molar-refractivity contribution >= 4 is 11.4 Å². The summed E-state index contributed by atoms with van der Waals surface area (Å²) in [6.45, 7) is 2.82. The number of aryl methyl sites for hydroxylation is 2. The predicted octanol–water partition coefficient (Wildman–Crippen LogP) is 1.95. The van der Waals surface area contributed by atoms with Gasteiger partial charge in [-0.05, 0) is 18.6 Å². The quantitative estimate of drug-likeness (QED) is 0.820. The molecule has 0 amide bonds. The Labute approximate surface area is 102 Å². The molecule has 2 rings (SSSR count). The van der Waals surface area contributed by atoms with E-state index in [1.54, 1.807) is 0 Å². The molecule has 2 N–H and O–H groups in total. The third-order valence-electron chi connectivity index (χ3n) is 2.95. The number of nitrogens with zero attached hydrogens (tertiary/aromatic N) is 3. The fourth-order valence-corrected chi connectivity index (χ4v) is 2.04. The lowest BCUT2D eigenvalue weighted by Crippen LogP contribution is -2.21. The first-order chi connectivity index (χ1) is 8.09. The van der Waals surface area contributed by atoms with Crippen LogP contribution in [0.5, 0.6) is 0 Å². The Morgan fingerprint density at radius 2 is 2.18 bits per heavy atom. The molecule has 4 heteroatoms. The molecule has 17 heavy (non-hydrogen) atoms. The van der Waals surface area contributed by atoms with Gasteiger partial charge in [0.1, 0.15) is 5.82 Å². The van der Waals surface area contributed by atoms with Crippen molar-refractivity contribution in [3.8, 4) is 0 Å². The van der Waals surface area contributed by atoms with Crippen LogP contribution in [0.1, 0.15) is 11.4 Å². The van der Waals surface area contributed by atoms with Crippen molar-refractivity contribution in [3.63, 3.8) is 0 Å². The molecule has 0 spiro atoms. The summed E-state index contributed by atoms with van der Waals surface area (Å²) < 4.78 is 2.02. The first-order valence-electron chi connectivity index (χ1n) is 5.62. The minimum atomic E-state index is 0.749. The minimum Gasteiger partial charge on any atom is -0.397 e. The van der Waals surface area contributed by atoms with Gasteiger partial charge in [0.15, 0.2) is 0 Å². The van der Waals surface area contributed by atoms with Crippen molar-refractivity contribution < 1.29 is 0 Å². The van der Waals surface area contributed by atoms with Gasteiger partial charge < -0.3 is 15.2 Å². The first kappa shape index (κ1) is 11.5. The van der Waals surface area contributed by atoms with Crippen LogP contribution in [0.25, 0.3) is 0 Å². The van der Waals surface area contributed by atoms with E-state index in [9.17, 15) is 0 Å². The number of aromatic nitrogens is 2. The average Bonchev–Trinajstić information content (AvgIpc) is 2.64. The highest BCUT2D eigenvalue weighted by atomic mass is 15.2. The molecular formula is C13H18N4. The predicted molar refractivity (Wildman–Crippen MR) is 70.9 cm³/mol. The second kappa shape index (κ2) is 4.49. The Balaban J connectivity index is 2.26. The maximum Gasteiger partial charge on any atom is 0.127 e. The van der Waals surface area contributed by atoms with Crippen molar-refractivity contribution in [2.24, 2.45) is 7.05 Å². The molecule has 0 unspecified atom stereocenters. The van der Waals surface area contributed by atoms with E-state index >= 15 is 0 Å². The van der Waals surface area contributed by atoms with Gasteiger partial charge in [0.05, 0.1) is 17.9 Å². The number of nitrogen functional groups attached to an aromatic ring is 1. The van der Waals surface area contributed by atoms with Crippen LogP contribution in [0.3, 0.4) is 0 Å². The van der Waals surface area contributed by atoms with E-state index in [1.807, 2.05) is 43.2 Å². The van der Waals surface area contributed by atoms with Crippen molar-refractivity contribution in [2.45, 2.75) is 13.5 Å². The first-order valence-corrected chi connectivity index (χ1v) is 5.62. The number of benzene rings is 1. The number of rotatable bonds is 3. The van der Waals surface area contributed by atoms with E-state index in [4.69, 9.17) is 5.73 Å². The van der Waals surface area contributed by atoms with Crippen molar-refractivity contribution in [3.05, 3.63) is 42.0 Å². The molecule has 90 valence electrons. The van der Waals surface area contributed by atoms with Crippen LogP contribution in [-0.4, -0.2) is 16.6 Å². The maximum atomic E-state index is 6.02. The number of nitrogens with two attached hydrogens (primary N) is 1. The summed E-state index contributed by atoms with van der Waals surface area (Å²) in [6.07, 6.45) is 3.76. The van der Waals surface area contributed by atoms with Crippen LogP contribution in [0.4, 0.5) is 11.4 Å². The van der Waals surface area contributed by atoms with Crippen molar-refractivity contribution in [2.75, 3.05) is 17.7 Å². The molecule has 0 bridgehead atoms. The molecule has 0 aliphatic carbocycles. The molecule has 0 saturated heterocycles. The standard InChI is InChI=1S/C13H18N4/c1-10-5-4-6-11(14)13(10)17(3)9-12-15-7-8-16(12)2/h4-8H,9,14H2,1-3H3. The summed E-state index contributed by atoms with van der Waals surface area (Å²) in [7, 11) is 4.03. The fourth-order valence-electron chi connectivity index (χ4n) is 2.04. The lowest BCUT2D eigenvalue weighted by molar-refractivity contribution is 0.761. The zero-order valence-electron chi connectivity index (χ0n) is 10.5. The van der Waals surface area contributed by atoms with Crippen LogP contribution >= 0.6 is 0 Å². The van der Waals surface area contributed by atoms with Crippen LogP contribution in [-0.2, 0) is 13.6 Å². The van der Waals surface area contributed by atoms with E-state index in [0.717, 1.165) is 23.7 Å². The van der Waals surface area contributed by atoms with Gasteiger partial charge >= 0.3 is 0 Å². The molecule has 0 radical (unpaired) electrons. The number of hydrogen-bond donors (Lipinski definition) is 1. The SMILES string of the molecule is Cc1cccc(N)c1N(C)Cc1nccn1C. The molecule has 1 heterocycles. The molecular weight excluding hydrogens is 212 g/mol. The lowest BCUT2D eigenvalue weighted by atomic mass is 10.1. The average molecular weight is 230 g/mol. The summed E-state index contributed by atoms with van der Waals surface area (Å²) >= 11 is 0. The molecule has 0 saturated carbocycles. The Kier molecular flexibility index (Phi) is 3.04. The zero-order valence-corrected chi connectivity index (χ0v) is 10.5. The van der Waals surface area contributed by atoms with Gasteiger partial charge in [-0.1, -0.05) is 12.1 Å². The Morgan fingerprint density at radius 3 is 2.76 bits per heavy atom. The third-order valence-corrected chi connectivity index (χ3v) is 2.95. The van der Waals surface area contributed by atoms with E-state index < -0.39 is 0 Å². The topological polar surface area (TPSA) is 47.1 Å². The largest absolute Gasteiger partial charge is 0.397 e. The van der Waals surface area contributed by atoms with Crippen molar-refractivity contribution in [1.82, 2.24) is 9.55 Å². The van der Waals surface area contributed by atoms with E-state index in [2.05, 4.69) is 22.9 Å². The van der Waals surface area contributed by atoms with Gasteiger partial charge in [-0.15, -0.1) is 0 Å². The molecule has 0 fully saturated rings. The third kappa shape index (κ3) is 2.25. The van der Waals surface area contributed by atoms with Gasteiger partial charge in [-0.2, -0.15) is 0 Å². The van der Waals surface area contributed by atoms with Crippen LogP contribution in [0, 0.1) is 6.92 Å². The second-order valence-corrected chi connectivity index (χ2v) is 4.32. The zero-order chi connectivity index (χ0) is 12.4. The molecule has 2 aromatic rings. The monoisotopic (exact) mass is 230 g/mol. The van der Waals surface area contributed by atoms with Crippen LogP contribution in [0.15, 0.2) is 30.6 Å². The second-order valence-electron chi connectivity index (χ2n) is 4.32. The molecule has 0 aliphatic rings. The fraction of sp³-hybridized carbons (Fsp3) is 0.308. The molecule has 0 atom stereocenters. The van der Waals surface area contributed by atoms with Crippen LogP contribution in [0.2, 0.25) is 0 Å².